The SMILES string of the molecule is CC(C)CCNC(=O)CC1(CC(=O)O)CCCCC1. The highest BCUT2D eigenvalue weighted by Gasteiger charge is 2.36. The van der Waals surface area contributed by atoms with Crippen molar-refractivity contribution in [2.45, 2.75) is 65.2 Å². The van der Waals surface area contributed by atoms with Gasteiger partial charge in [-0.1, -0.05) is 33.1 Å². The van der Waals surface area contributed by atoms with E-state index in [-0.39, 0.29) is 17.7 Å². The number of carbonyl (C=O) groups excluding carboxylic acids is 1. The summed E-state index contributed by atoms with van der Waals surface area (Å²) in [6.07, 6.45) is 6.48. The molecule has 1 saturated carbocycles. The fraction of sp³-hybridized carbons (Fsp3) is 0.867. The van der Waals surface area contributed by atoms with Gasteiger partial charge in [0.15, 0.2) is 0 Å². The second kappa shape index (κ2) is 7.51. The van der Waals surface area contributed by atoms with E-state index in [0.717, 1.165) is 38.5 Å². The minimum Gasteiger partial charge on any atom is -0.481 e. The first kappa shape index (κ1) is 16.0. The molecule has 2 N–H and O–H groups in total. The normalized spacial score (nSPS) is 18.3. The highest BCUT2D eigenvalue weighted by molar-refractivity contribution is 5.78. The maximum absolute atomic E-state index is 12.0. The zero-order valence-corrected chi connectivity index (χ0v) is 12.2. The smallest absolute Gasteiger partial charge is 0.303 e. The monoisotopic (exact) mass is 269 g/mol. The molecule has 0 atom stereocenters. The standard InChI is InChI=1S/C15H27NO3/c1-12(2)6-9-16-13(17)10-15(11-14(18)19)7-4-3-5-8-15/h12H,3-11H2,1-2H3,(H,16,17)(H,18,19). The number of amides is 1. The molecule has 1 aliphatic carbocycles. The van der Waals surface area contributed by atoms with Crippen molar-refractivity contribution in [2.75, 3.05) is 6.54 Å². The van der Waals surface area contributed by atoms with Crippen LogP contribution in [0.4, 0.5) is 0 Å². The molecule has 0 spiro atoms. The van der Waals surface area contributed by atoms with E-state index in [4.69, 9.17) is 5.11 Å². The number of carboxylic acid groups (broad SMARTS) is 1. The number of hydrogen-bond acceptors (Lipinski definition) is 2. The second-order valence-corrected chi connectivity index (χ2v) is 6.34. The van der Waals surface area contributed by atoms with Gasteiger partial charge in [-0.15, -0.1) is 0 Å². The number of carbonyl (C=O) groups is 2. The Bertz CT molecular complexity index is 307. The van der Waals surface area contributed by atoms with Crippen molar-refractivity contribution in [3.63, 3.8) is 0 Å². The van der Waals surface area contributed by atoms with Crippen LogP contribution in [0.3, 0.4) is 0 Å². The minimum atomic E-state index is -0.781. The van der Waals surface area contributed by atoms with Gasteiger partial charge in [-0.2, -0.15) is 0 Å². The molecule has 0 radical (unpaired) electrons. The zero-order valence-electron chi connectivity index (χ0n) is 12.2. The van der Waals surface area contributed by atoms with Crippen molar-refractivity contribution in [1.29, 1.82) is 0 Å². The van der Waals surface area contributed by atoms with E-state index in [9.17, 15) is 9.59 Å². The Labute approximate surface area is 116 Å². The Morgan fingerprint density at radius 3 is 2.32 bits per heavy atom. The Morgan fingerprint density at radius 1 is 1.16 bits per heavy atom. The first-order valence-corrected chi connectivity index (χ1v) is 7.42. The van der Waals surface area contributed by atoms with Gasteiger partial charge in [0.1, 0.15) is 0 Å². The number of nitrogens with one attached hydrogen (secondary N) is 1. The van der Waals surface area contributed by atoms with Crippen molar-refractivity contribution in [1.82, 2.24) is 5.32 Å². The molecule has 0 bridgehead atoms. The van der Waals surface area contributed by atoms with Crippen molar-refractivity contribution in [3.05, 3.63) is 0 Å². The molecule has 110 valence electrons. The lowest BCUT2D eigenvalue weighted by Crippen LogP contribution is -2.35. The topological polar surface area (TPSA) is 66.4 Å². The molecule has 0 unspecified atom stereocenters. The molecule has 1 aliphatic rings. The first-order valence-electron chi connectivity index (χ1n) is 7.42. The third-order valence-corrected chi connectivity index (χ3v) is 4.02. The molecular formula is C15H27NO3. The van der Waals surface area contributed by atoms with Gasteiger partial charge in [-0.3, -0.25) is 9.59 Å². The molecule has 0 aromatic heterocycles. The first-order chi connectivity index (χ1) is 8.93. The lowest BCUT2D eigenvalue weighted by Gasteiger charge is -2.35. The molecule has 0 aromatic rings. The highest BCUT2D eigenvalue weighted by atomic mass is 16.4. The van der Waals surface area contributed by atoms with Gasteiger partial charge in [0.05, 0.1) is 6.42 Å². The van der Waals surface area contributed by atoms with Crippen LogP contribution in [0.25, 0.3) is 0 Å². The van der Waals surface area contributed by atoms with Gasteiger partial charge < -0.3 is 10.4 Å². The van der Waals surface area contributed by atoms with Crippen LogP contribution in [-0.4, -0.2) is 23.5 Å². The molecule has 4 nitrogen and oxygen atoms in total. The largest absolute Gasteiger partial charge is 0.481 e. The van der Waals surface area contributed by atoms with Gasteiger partial charge in [0.25, 0.3) is 0 Å². The summed E-state index contributed by atoms with van der Waals surface area (Å²) >= 11 is 0. The van der Waals surface area contributed by atoms with Gasteiger partial charge in [0.2, 0.25) is 5.91 Å². The Kier molecular flexibility index (Phi) is 6.32. The van der Waals surface area contributed by atoms with Crippen LogP contribution in [0.5, 0.6) is 0 Å². The second-order valence-electron chi connectivity index (χ2n) is 6.34. The van der Waals surface area contributed by atoms with E-state index in [2.05, 4.69) is 19.2 Å². The number of rotatable bonds is 7. The maximum Gasteiger partial charge on any atom is 0.303 e. The van der Waals surface area contributed by atoms with Crippen LogP contribution in [-0.2, 0) is 9.59 Å². The van der Waals surface area contributed by atoms with E-state index in [1.165, 1.54) is 0 Å². The molecule has 0 aromatic carbocycles. The summed E-state index contributed by atoms with van der Waals surface area (Å²) in [5, 5.41) is 12.0. The molecule has 1 fully saturated rings. The van der Waals surface area contributed by atoms with Crippen molar-refractivity contribution < 1.29 is 14.7 Å². The highest BCUT2D eigenvalue weighted by Crippen LogP contribution is 2.42. The minimum absolute atomic E-state index is 0.0174. The van der Waals surface area contributed by atoms with Gasteiger partial charge >= 0.3 is 5.97 Å². The molecule has 0 aliphatic heterocycles. The lowest BCUT2D eigenvalue weighted by atomic mass is 9.69. The van der Waals surface area contributed by atoms with Crippen molar-refractivity contribution in [3.8, 4) is 0 Å². The lowest BCUT2D eigenvalue weighted by molar-refractivity contribution is -0.141. The number of aliphatic carboxylic acids is 1. The van der Waals surface area contributed by atoms with Crippen LogP contribution >= 0.6 is 0 Å². The van der Waals surface area contributed by atoms with Crippen molar-refractivity contribution >= 4 is 11.9 Å². The average molecular weight is 269 g/mol. The van der Waals surface area contributed by atoms with E-state index in [0.29, 0.717) is 18.9 Å². The fourth-order valence-corrected chi connectivity index (χ4v) is 2.94. The third kappa shape index (κ3) is 6.08. The third-order valence-electron chi connectivity index (χ3n) is 4.02. The molecule has 0 saturated heterocycles. The molecule has 1 rings (SSSR count). The maximum atomic E-state index is 12.0. The Balaban J connectivity index is 2.47. The van der Waals surface area contributed by atoms with E-state index < -0.39 is 5.97 Å². The van der Waals surface area contributed by atoms with Crippen LogP contribution in [0.1, 0.15) is 65.2 Å². The van der Waals surface area contributed by atoms with E-state index in [1.54, 1.807) is 0 Å². The van der Waals surface area contributed by atoms with Crippen LogP contribution in [0.15, 0.2) is 0 Å². The van der Waals surface area contributed by atoms with Crippen molar-refractivity contribution in [2.24, 2.45) is 11.3 Å². The predicted molar refractivity (Wildman–Crippen MR) is 74.9 cm³/mol. The summed E-state index contributed by atoms with van der Waals surface area (Å²) in [4.78, 5) is 23.0. The Morgan fingerprint density at radius 2 is 1.79 bits per heavy atom. The van der Waals surface area contributed by atoms with Crippen LogP contribution < -0.4 is 5.32 Å². The molecule has 0 heterocycles. The molecular weight excluding hydrogens is 242 g/mol. The summed E-state index contributed by atoms with van der Waals surface area (Å²) in [5.41, 5.74) is -0.300. The van der Waals surface area contributed by atoms with Gasteiger partial charge in [-0.25, -0.2) is 0 Å². The molecule has 4 heteroatoms. The summed E-state index contributed by atoms with van der Waals surface area (Å²) < 4.78 is 0. The number of carboxylic acids is 1. The van der Waals surface area contributed by atoms with E-state index in [1.807, 2.05) is 0 Å². The quantitative estimate of drug-likeness (QED) is 0.746. The van der Waals surface area contributed by atoms with Crippen LogP contribution in [0, 0.1) is 11.3 Å². The summed E-state index contributed by atoms with van der Waals surface area (Å²) in [7, 11) is 0. The fourth-order valence-electron chi connectivity index (χ4n) is 2.94. The van der Waals surface area contributed by atoms with Crippen LogP contribution in [0.2, 0.25) is 0 Å². The predicted octanol–water partition coefficient (Wildman–Crippen LogP) is 2.96. The molecule has 1 amide bonds. The van der Waals surface area contributed by atoms with Gasteiger partial charge in [0, 0.05) is 13.0 Å². The Hall–Kier alpha value is -1.06. The zero-order chi connectivity index (χ0) is 14.3. The summed E-state index contributed by atoms with van der Waals surface area (Å²) in [6.45, 7) is 4.94. The average Bonchev–Trinajstić information content (AvgIpc) is 2.27. The van der Waals surface area contributed by atoms with E-state index >= 15 is 0 Å². The molecule has 19 heavy (non-hydrogen) atoms. The van der Waals surface area contributed by atoms with Gasteiger partial charge in [-0.05, 0) is 30.6 Å². The number of hydrogen-bond donors (Lipinski definition) is 2. The summed E-state index contributed by atoms with van der Waals surface area (Å²) in [6, 6.07) is 0. The summed E-state index contributed by atoms with van der Waals surface area (Å²) in [5.74, 6) is -0.191.